The predicted octanol–water partition coefficient (Wildman–Crippen LogP) is 5.18. The van der Waals surface area contributed by atoms with Gasteiger partial charge >= 0.3 is 0 Å². The van der Waals surface area contributed by atoms with Gasteiger partial charge in [0.1, 0.15) is 0 Å². The van der Waals surface area contributed by atoms with Crippen LogP contribution in [-0.4, -0.2) is 16.5 Å². The number of hydrogen-bond donors (Lipinski definition) is 1. The molecule has 0 saturated carbocycles. The number of amidine groups is 1. The van der Waals surface area contributed by atoms with E-state index >= 15 is 0 Å². The Balaban J connectivity index is 2.18. The summed E-state index contributed by atoms with van der Waals surface area (Å²) in [5.41, 5.74) is 1.01. The molecule has 0 aromatic heterocycles. The van der Waals surface area contributed by atoms with Crippen LogP contribution < -0.4 is 5.32 Å². The Morgan fingerprint density at radius 2 is 2.17 bits per heavy atom. The summed E-state index contributed by atoms with van der Waals surface area (Å²) >= 11 is 11.4. The van der Waals surface area contributed by atoms with Crippen molar-refractivity contribution >= 4 is 50.1 Å². The van der Waals surface area contributed by atoms with E-state index in [0.29, 0.717) is 5.02 Å². The van der Waals surface area contributed by atoms with E-state index in [0.717, 1.165) is 33.9 Å². The number of rotatable bonds is 3. The lowest BCUT2D eigenvalue weighted by molar-refractivity contribution is 0.456. The maximum Gasteiger partial charge on any atom is 0.161 e. The number of anilines is 1. The second-order valence-electron chi connectivity index (χ2n) is 4.39. The molecule has 98 valence electrons. The lowest BCUT2D eigenvalue weighted by atomic mass is 9.97. The third kappa shape index (κ3) is 3.03. The standard InChI is InChI=1S/C13H16BrClN2S/c1-3-13(4-2)8-18-12(17-13)16-11-7-9(14)5-6-10(11)15/h5-7H,3-4,8H2,1-2H3,(H,16,17). The number of halogens is 2. The Hall–Kier alpha value is -0.190. The van der Waals surface area contributed by atoms with Crippen LogP contribution in [0.5, 0.6) is 0 Å². The molecule has 1 aliphatic rings. The zero-order chi connectivity index (χ0) is 13.2. The average Bonchev–Trinajstić information content (AvgIpc) is 2.78. The van der Waals surface area contributed by atoms with E-state index in [-0.39, 0.29) is 5.54 Å². The van der Waals surface area contributed by atoms with Crippen LogP contribution in [0.4, 0.5) is 5.69 Å². The van der Waals surface area contributed by atoms with E-state index < -0.39 is 0 Å². The van der Waals surface area contributed by atoms with Crippen LogP contribution in [-0.2, 0) is 0 Å². The largest absolute Gasteiger partial charge is 0.334 e. The molecule has 0 amide bonds. The van der Waals surface area contributed by atoms with Gasteiger partial charge < -0.3 is 5.32 Å². The van der Waals surface area contributed by atoms with E-state index in [1.165, 1.54) is 0 Å². The molecule has 1 heterocycles. The first-order valence-electron chi connectivity index (χ1n) is 6.03. The zero-order valence-corrected chi connectivity index (χ0v) is 13.6. The van der Waals surface area contributed by atoms with Gasteiger partial charge in [-0.15, -0.1) is 0 Å². The highest BCUT2D eigenvalue weighted by Crippen LogP contribution is 2.35. The number of benzene rings is 1. The SMILES string of the molecule is CCC1(CC)CSC(Nc2cc(Br)ccc2Cl)=N1. The molecule has 0 atom stereocenters. The molecule has 2 nitrogen and oxygen atoms in total. The van der Waals surface area contributed by atoms with Crippen LogP contribution in [0.2, 0.25) is 5.02 Å². The number of thioether (sulfide) groups is 1. The molecule has 1 aromatic rings. The van der Waals surface area contributed by atoms with Crippen molar-refractivity contribution in [3.8, 4) is 0 Å². The number of nitrogens with one attached hydrogen (secondary N) is 1. The van der Waals surface area contributed by atoms with Crippen molar-refractivity contribution in [1.82, 2.24) is 0 Å². The van der Waals surface area contributed by atoms with Gasteiger partial charge in [0.2, 0.25) is 0 Å². The van der Waals surface area contributed by atoms with Crippen LogP contribution in [0.1, 0.15) is 26.7 Å². The molecule has 0 fully saturated rings. The van der Waals surface area contributed by atoms with Gasteiger partial charge in [0.25, 0.3) is 0 Å². The van der Waals surface area contributed by atoms with Crippen molar-refractivity contribution in [3.05, 3.63) is 27.7 Å². The molecule has 2 rings (SSSR count). The van der Waals surface area contributed by atoms with Crippen molar-refractivity contribution in [2.75, 3.05) is 11.1 Å². The average molecular weight is 348 g/mol. The van der Waals surface area contributed by atoms with Gasteiger partial charge in [-0.1, -0.05) is 53.1 Å². The maximum atomic E-state index is 6.17. The van der Waals surface area contributed by atoms with Gasteiger partial charge in [-0.25, -0.2) is 0 Å². The highest BCUT2D eigenvalue weighted by atomic mass is 79.9. The molecular weight excluding hydrogens is 332 g/mol. The minimum Gasteiger partial charge on any atom is -0.334 e. The summed E-state index contributed by atoms with van der Waals surface area (Å²) in [6, 6.07) is 5.78. The second-order valence-corrected chi connectivity index (χ2v) is 6.67. The molecule has 0 spiro atoms. The fourth-order valence-corrected chi connectivity index (χ4v) is 3.71. The van der Waals surface area contributed by atoms with E-state index in [1.807, 2.05) is 18.2 Å². The van der Waals surface area contributed by atoms with Crippen LogP contribution >= 0.6 is 39.3 Å². The highest BCUT2D eigenvalue weighted by molar-refractivity contribution is 9.10. The molecule has 0 aliphatic carbocycles. The molecule has 0 saturated heterocycles. The molecule has 5 heteroatoms. The lowest BCUT2D eigenvalue weighted by Crippen LogP contribution is -2.24. The predicted molar refractivity (Wildman–Crippen MR) is 86.0 cm³/mol. The first kappa shape index (κ1) is 14.2. The van der Waals surface area contributed by atoms with Crippen molar-refractivity contribution in [3.63, 3.8) is 0 Å². The molecule has 1 N–H and O–H groups in total. The van der Waals surface area contributed by atoms with Gasteiger partial charge in [0, 0.05) is 10.2 Å². The number of hydrogen-bond acceptors (Lipinski definition) is 3. The molecule has 0 radical (unpaired) electrons. The quantitative estimate of drug-likeness (QED) is 0.815. The van der Waals surface area contributed by atoms with Gasteiger partial charge in [-0.3, -0.25) is 4.99 Å². The Kier molecular flexibility index (Phi) is 4.62. The zero-order valence-electron chi connectivity index (χ0n) is 10.5. The lowest BCUT2D eigenvalue weighted by Gasteiger charge is -2.20. The van der Waals surface area contributed by atoms with Crippen molar-refractivity contribution < 1.29 is 0 Å². The third-order valence-electron chi connectivity index (χ3n) is 3.30. The maximum absolute atomic E-state index is 6.17. The van der Waals surface area contributed by atoms with Crippen LogP contribution in [0, 0.1) is 0 Å². The monoisotopic (exact) mass is 346 g/mol. The minimum absolute atomic E-state index is 0.103. The van der Waals surface area contributed by atoms with Crippen molar-refractivity contribution in [2.45, 2.75) is 32.2 Å². The molecule has 0 unspecified atom stereocenters. The Bertz CT molecular complexity index is 472. The molecule has 18 heavy (non-hydrogen) atoms. The minimum atomic E-state index is 0.103. The summed E-state index contributed by atoms with van der Waals surface area (Å²) in [6.45, 7) is 4.39. The first-order chi connectivity index (χ1) is 8.58. The topological polar surface area (TPSA) is 24.4 Å². The van der Waals surface area contributed by atoms with E-state index in [2.05, 4.69) is 35.1 Å². The molecule has 0 bridgehead atoms. The summed E-state index contributed by atoms with van der Waals surface area (Å²) in [6.07, 6.45) is 2.15. The van der Waals surface area contributed by atoms with Gasteiger partial charge in [-0.2, -0.15) is 0 Å². The number of nitrogens with zero attached hydrogens (tertiary/aromatic N) is 1. The van der Waals surface area contributed by atoms with Gasteiger partial charge in [0.05, 0.1) is 16.2 Å². The summed E-state index contributed by atoms with van der Waals surface area (Å²) in [5.74, 6) is 1.05. The fourth-order valence-electron chi connectivity index (χ4n) is 1.87. The summed E-state index contributed by atoms with van der Waals surface area (Å²) in [7, 11) is 0. The fraction of sp³-hybridized carbons (Fsp3) is 0.462. The normalized spacial score (nSPS) is 17.7. The first-order valence-corrected chi connectivity index (χ1v) is 8.19. The van der Waals surface area contributed by atoms with Crippen LogP contribution in [0.25, 0.3) is 0 Å². The van der Waals surface area contributed by atoms with E-state index in [4.69, 9.17) is 16.6 Å². The summed E-state index contributed by atoms with van der Waals surface area (Å²) in [5, 5.41) is 5.01. The summed E-state index contributed by atoms with van der Waals surface area (Å²) < 4.78 is 1.01. The van der Waals surface area contributed by atoms with E-state index in [9.17, 15) is 0 Å². The number of aliphatic imine (C=N–C) groups is 1. The van der Waals surface area contributed by atoms with E-state index in [1.54, 1.807) is 11.8 Å². The van der Waals surface area contributed by atoms with Crippen molar-refractivity contribution in [1.29, 1.82) is 0 Å². The third-order valence-corrected chi connectivity index (χ3v) is 5.27. The molecule has 1 aliphatic heterocycles. The van der Waals surface area contributed by atoms with Gasteiger partial charge in [-0.05, 0) is 31.0 Å². The Labute approximate surface area is 126 Å². The van der Waals surface area contributed by atoms with Crippen LogP contribution in [0.3, 0.4) is 0 Å². The van der Waals surface area contributed by atoms with Crippen LogP contribution in [0.15, 0.2) is 27.7 Å². The van der Waals surface area contributed by atoms with Crippen molar-refractivity contribution in [2.24, 2.45) is 4.99 Å². The molecule has 1 aromatic carbocycles. The highest BCUT2D eigenvalue weighted by Gasteiger charge is 2.32. The smallest absolute Gasteiger partial charge is 0.161 e. The second kappa shape index (κ2) is 5.85. The Morgan fingerprint density at radius 1 is 1.44 bits per heavy atom. The summed E-state index contributed by atoms with van der Waals surface area (Å²) in [4.78, 5) is 4.82. The molecular formula is C13H16BrClN2S. The Morgan fingerprint density at radius 3 is 2.78 bits per heavy atom. The van der Waals surface area contributed by atoms with Gasteiger partial charge in [0.15, 0.2) is 5.17 Å².